The van der Waals surface area contributed by atoms with Gasteiger partial charge in [-0.3, -0.25) is 9.59 Å². The standard InChI is InChI=1S/C17H23NO3/c1-3-5-12(6-4-2)16(19)13-7-8-15-14(11-13)17(20)18-9-10-21-15/h7-8,11-12H,3-6,9-10H2,1-2H3,(H,18,20). The van der Waals surface area contributed by atoms with Crippen LogP contribution in [0.2, 0.25) is 0 Å². The largest absolute Gasteiger partial charge is 0.491 e. The minimum Gasteiger partial charge on any atom is -0.491 e. The van der Waals surface area contributed by atoms with Crippen molar-refractivity contribution in [1.82, 2.24) is 5.32 Å². The van der Waals surface area contributed by atoms with Crippen molar-refractivity contribution >= 4 is 11.7 Å². The summed E-state index contributed by atoms with van der Waals surface area (Å²) < 4.78 is 5.51. The predicted molar refractivity (Wildman–Crippen MR) is 81.9 cm³/mol. The molecule has 1 aromatic rings. The number of hydrogen-bond acceptors (Lipinski definition) is 3. The van der Waals surface area contributed by atoms with E-state index in [9.17, 15) is 9.59 Å². The van der Waals surface area contributed by atoms with Gasteiger partial charge in [0.25, 0.3) is 5.91 Å². The second-order valence-corrected chi connectivity index (χ2v) is 5.45. The highest BCUT2D eigenvalue weighted by Crippen LogP contribution is 2.25. The minimum atomic E-state index is -0.167. The van der Waals surface area contributed by atoms with Crippen LogP contribution in [-0.4, -0.2) is 24.8 Å². The second kappa shape index (κ2) is 7.25. The van der Waals surface area contributed by atoms with Crippen molar-refractivity contribution in [2.24, 2.45) is 5.92 Å². The van der Waals surface area contributed by atoms with E-state index in [1.165, 1.54) is 0 Å². The van der Waals surface area contributed by atoms with E-state index < -0.39 is 0 Å². The van der Waals surface area contributed by atoms with E-state index in [2.05, 4.69) is 19.2 Å². The normalized spacial score (nSPS) is 14.1. The highest BCUT2D eigenvalue weighted by atomic mass is 16.5. The summed E-state index contributed by atoms with van der Waals surface area (Å²) in [6.07, 6.45) is 3.77. The number of nitrogens with one attached hydrogen (secondary N) is 1. The topological polar surface area (TPSA) is 55.4 Å². The monoisotopic (exact) mass is 289 g/mol. The summed E-state index contributed by atoms with van der Waals surface area (Å²) in [6, 6.07) is 5.19. The third-order valence-electron chi connectivity index (χ3n) is 3.80. The van der Waals surface area contributed by atoms with Gasteiger partial charge in [-0.2, -0.15) is 0 Å². The zero-order valence-electron chi connectivity index (χ0n) is 12.8. The molecule has 0 aliphatic carbocycles. The maximum absolute atomic E-state index is 12.6. The van der Waals surface area contributed by atoms with Gasteiger partial charge in [-0.1, -0.05) is 26.7 Å². The Kier molecular flexibility index (Phi) is 5.37. The summed E-state index contributed by atoms with van der Waals surface area (Å²) in [5.74, 6) is 0.579. The number of rotatable bonds is 6. The molecule has 4 heteroatoms. The number of amides is 1. The fraction of sp³-hybridized carbons (Fsp3) is 0.529. The molecule has 21 heavy (non-hydrogen) atoms. The summed E-state index contributed by atoms with van der Waals surface area (Å²) in [4.78, 5) is 24.6. The number of ketones is 1. The molecule has 1 heterocycles. The molecule has 1 aromatic carbocycles. The minimum absolute atomic E-state index is 0.0489. The van der Waals surface area contributed by atoms with Gasteiger partial charge in [0, 0.05) is 11.5 Å². The first-order chi connectivity index (χ1) is 10.2. The fourth-order valence-electron chi connectivity index (χ4n) is 2.75. The Morgan fingerprint density at radius 1 is 1.29 bits per heavy atom. The lowest BCUT2D eigenvalue weighted by Crippen LogP contribution is -2.24. The summed E-state index contributed by atoms with van der Waals surface area (Å²) in [5.41, 5.74) is 1.08. The zero-order valence-corrected chi connectivity index (χ0v) is 12.8. The van der Waals surface area contributed by atoms with E-state index in [1.54, 1.807) is 18.2 Å². The SMILES string of the molecule is CCCC(CCC)C(=O)c1ccc2c(c1)C(=O)NCCO2. The Morgan fingerprint density at radius 3 is 2.67 bits per heavy atom. The zero-order chi connectivity index (χ0) is 15.2. The average molecular weight is 289 g/mol. The highest BCUT2D eigenvalue weighted by molar-refractivity contribution is 6.03. The molecular formula is C17H23NO3. The lowest BCUT2D eigenvalue weighted by molar-refractivity contribution is 0.0905. The third kappa shape index (κ3) is 3.63. The van der Waals surface area contributed by atoms with Crippen LogP contribution in [0, 0.1) is 5.92 Å². The molecule has 1 aliphatic rings. The van der Waals surface area contributed by atoms with Crippen LogP contribution in [-0.2, 0) is 0 Å². The average Bonchev–Trinajstić information content (AvgIpc) is 2.68. The molecule has 0 radical (unpaired) electrons. The number of ether oxygens (including phenoxy) is 1. The number of fused-ring (bicyclic) bond motifs is 1. The van der Waals surface area contributed by atoms with Crippen molar-refractivity contribution in [2.75, 3.05) is 13.2 Å². The molecule has 1 N–H and O–H groups in total. The molecule has 0 fully saturated rings. The van der Waals surface area contributed by atoms with Gasteiger partial charge in [-0.05, 0) is 31.0 Å². The number of hydrogen-bond donors (Lipinski definition) is 1. The molecule has 0 aromatic heterocycles. The van der Waals surface area contributed by atoms with E-state index in [0.717, 1.165) is 25.7 Å². The highest BCUT2D eigenvalue weighted by Gasteiger charge is 2.22. The Labute approximate surface area is 125 Å². The van der Waals surface area contributed by atoms with Crippen molar-refractivity contribution < 1.29 is 14.3 Å². The molecule has 0 saturated heterocycles. The fourth-order valence-corrected chi connectivity index (χ4v) is 2.75. The van der Waals surface area contributed by atoms with Gasteiger partial charge in [0.1, 0.15) is 12.4 Å². The molecule has 0 unspecified atom stereocenters. The quantitative estimate of drug-likeness (QED) is 0.818. The molecule has 2 rings (SSSR count). The second-order valence-electron chi connectivity index (χ2n) is 5.45. The van der Waals surface area contributed by atoms with Crippen LogP contribution >= 0.6 is 0 Å². The van der Waals surface area contributed by atoms with Crippen molar-refractivity contribution in [3.8, 4) is 5.75 Å². The van der Waals surface area contributed by atoms with Crippen molar-refractivity contribution in [2.45, 2.75) is 39.5 Å². The molecular weight excluding hydrogens is 266 g/mol. The van der Waals surface area contributed by atoms with Crippen LogP contribution in [0.25, 0.3) is 0 Å². The summed E-state index contributed by atoms with van der Waals surface area (Å²) >= 11 is 0. The van der Waals surface area contributed by atoms with Gasteiger partial charge in [-0.25, -0.2) is 0 Å². The first-order valence-corrected chi connectivity index (χ1v) is 7.76. The third-order valence-corrected chi connectivity index (χ3v) is 3.80. The first-order valence-electron chi connectivity index (χ1n) is 7.76. The van der Waals surface area contributed by atoms with Gasteiger partial charge >= 0.3 is 0 Å². The smallest absolute Gasteiger partial charge is 0.255 e. The van der Waals surface area contributed by atoms with E-state index >= 15 is 0 Å². The number of benzene rings is 1. The predicted octanol–water partition coefficient (Wildman–Crippen LogP) is 3.21. The Bertz CT molecular complexity index is 519. The maximum Gasteiger partial charge on any atom is 0.255 e. The van der Waals surface area contributed by atoms with Crippen molar-refractivity contribution in [3.63, 3.8) is 0 Å². The van der Waals surface area contributed by atoms with Crippen molar-refractivity contribution in [3.05, 3.63) is 29.3 Å². The van der Waals surface area contributed by atoms with Crippen LogP contribution < -0.4 is 10.1 Å². The molecule has 0 spiro atoms. The van der Waals surface area contributed by atoms with Gasteiger partial charge in [-0.15, -0.1) is 0 Å². The maximum atomic E-state index is 12.6. The lowest BCUT2D eigenvalue weighted by atomic mass is 9.89. The van der Waals surface area contributed by atoms with Gasteiger partial charge < -0.3 is 10.1 Å². The van der Waals surface area contributed by atoms with Crippen molar-refractivity contribution in [1.29, 1.82) is 0 Å². The van der Waals surface area contributed by atoms with Crippen LogP contribution in [0.1, 0.15) is 60.2 Å². The Hall–Kier alpha value is -1.84. The first kappa shape index (κ1) is 15.5. The number of carbonyl (C=O) groups is 2. The van der Waals surface area contributed by atoms with Crippen LogP contribution in [0.3, 0.4) is 0 Å². The molecule has 0 atom stereocenters. The summed E-state index contributed by atoms with van der Waals surface area (Å²) in [5, 5.41) is 2.77. The van der Waals surface area contributed by atoms with Gasteiger partial charge in [0.2, 0.25) is 0 Å². The van der Waals surface area contributed by atoms with E-state index in [0.29, 0.717) is 30.0 Å². The number of Topliss-reactive ketones (excluding diaryl/α,β-unsaturated/α-hetero) is 1. The molecule has 4 nitrogen and oxygen atoms in total. The molecule has 1 amide bonds. The molecule has 1 aliphatic heterocycles. The molecule has 114 valence electrons. The summed E-state index contributed by atoms with van der Waals surface area (Å²) in [7, 11) is 0. The van der Waals surface area contributed by atoms with Crippen LogP contribution in [0.15, 0.2) is 18.2 Å². The van der Waals surface area contributed by atoms with E-state index in [1.807, 2.05) is 0 Å². The Morgan fingerprint density at radius 2 is 2.00 bits per heavy atom. The Balaban J connectivity index is 2.27. The number of carbonyl (C=O) groups excluding carboxylic acids is 2. The molecule has 0 saturated carbocycles. The van der Waals surface area contributed by atoms with Crippen LogP contribution in [0.4, 0.5) is 0 Å². The van der Waals surface area contributed by atoms with E-state index in [-0.39, 0.29) is 17.6 Å². The van der Waals surface area contributed by atoms with E-state index in [4.69, 9.17) is 4.74 Å². The molecule has 0 bridgehead atoms. The van der Waals surface area contributed by atoms with Gasteiger partial charge in [0.15, 0.2) is 5.78 Å². The summed E-state index contributed by atoms with van der Waals surface area (Å²) in [6.45, 7) is 5.13. The van der Waals surface area contributed by atoms with Gasteiger partial charge in [0.05, 0.1) is 12.1 Å². The lowest BCUT2D eigenvalue weighted by Gasteiger charge is -2.15. The van der Waals surface area contributed by atoms with Crippen LogP contribution in [0.5, 0.6) is 5.75 Å².